The molecule has 5 rings (SSSR count). The summed E-state index contributed by atoms with van der Waals surface area (Å²) in [6.45, 7) is -1.28. The van der Waals surface area contributed by atoms with E-state index in [0.717, 1.165) is 17.2 Å². The monoisotopic (exact) mass is 557 g/mol. The summed E-state index contributed by atoms with van der Waals surface area (Å²) in [5.74, 6) is -2.31. The number of aryl methyl sites for hydroxylation is 2. The van der Waals surface area contributed by atoms with E-state index in [2.05, 4.69) is 10.6 Å². The highest BCUT2D eigenvalue weighted by molar-refractivity contribution is 6.11. The number of alkyl halides is 3. The number of hydrogen-bond acceptors (Lipinski definition) is 5. The average molecular weight is 558 g/mol. The summed E-state index contributed by atoms with van der Waals surface area (Å²) in [6.07, 6.45) is -1.79. The summed E-state index contributed by atoms with van der Waals surface area (Å²) in [7, 11) is 1.70. The summed E-state index contributed by atoms with van der Waals surface area (Å²) < 4.78 is 55.8. The van der Waals surface area contributed by atoms with E-state index >= 15 is 0 Å². The fraction of sp³-hybridized carbons (Fsp3) is 0.357. The van der Waals surface area contributed by atoms with Gasteiger partial charge in [-0.05, 0) is 65.6 Å². The van der Waals surface area contributed by atoms with Gasteiger partial charge in [-0.3, -0.25) is 14.5 Å². The molecule has 2 aromatic rings. The molecule has 1 saturated heterocycles. The van der Waals surface area contributed by atoms with Crippen LogP contribution in [0.1, 0.15) is 40.7 Å². The quantitative estimate of drug-likeness (QED) is 0.297. The van der Waals surface area contributed by atoms with Crippen LogP contribution in [-0.4, -0.2) is 59.7 Å². The van der Waals surface area contributed by atoms with Gasteiger partial charge in [-0.25, -0.2) is 9.18 Å². The van der Waals surface area contributed by atoms with Crippen molar-refractivity contribution in [3.8, 4) is 0 Å². The minimum Gasteiger partial charge on any atom is -0.393 e. The maximum absolute atomic E-state index is 14.0. The SMILES string of the molecule is CN/C=C(\C=N)c1ccc2c(c1)CCC21NC(=O)N(CC(=O)N2Cc3ccc(F)cc3CC[C@H]2C(F)(F)F)C1=O. The van der Waals surface area contributed by atoms with Crippen LogP contribution in [0.2, 0.25) is 0 Å². The van der Waals surface area contributed by atoms with Crippen molar-refractivity contribution < 1.29 is 31.9 Å². The van der Waals surface area contributed by atoms with E-state index < -0.39 is 60.9 Å². The van der Waals surface area contributed by atoms with E-state index in [1.807, 2.05) is 6.07 Å². The Morgan fingerprint density at radius 1 is 1.15 bits per heavy atom. The minimum atomic E-state index is -4.76. The van der Waals surface area contributed by atoms with Gasteiger partial charge in [0.25, 0.3) is 5.91 Å². The van der Waals surface area contributed by atoms with Crippen LogP contribution >= 0.6 is 0 Å². The molecule has 0 saturated carbocycles. The molecule has 2 atom stereocenters. The normalized spacial score (nSPS) is 22.6. The van der Waals surface area contributed by atoms with Crippen LogP contribution in [0.3, 0.4) is 0 Å². The number of amides is 4. The summed E-state index contributed by atoms with van der Waals surface area (Å²) in [5.41, 5.74) is 2.04. The summed E-state index contributed by atoms with van der Waals surface area (Å²) in [5, 5.41) is 13.2. The number of hydrogen-bond donors (Lipinski definition) is 3. The number of allylic oxidation sites excluding steroid dienone is 1. The van der Waals surface area contributed by atoms with E-state index in [4.69, 9.17) is 5.41 Å². The van der Waals surface area contributed by atoms with Gasteiger partial charge < -0.3 is 20.9 Å². The van der Waals surface area contributed by atoms with Gasteiger partial charge in [-0.15, -0.1) is 0 Å². The minimum absolute atomic E-state index is 0.0741. The number of rotatable bonds is 5. The van der Waals surface area contributed by atoms with Crippen molar-refractivity contribution in [1.82, 2.24) is 20.4 Å². The van der Waals surface area contributed by atoms with Crippen LogP contribution in [0.4, 0.5) is 22.4 Å². The zero-order valence-electron chi connectivity index (χ0n) is 21.6. The number of benzene rings is 2. The summed E-state index contributed by atoms with van der Waals surface area (Å²) in [6, 6.07) is 5.89. The van der Waals surface area contributed by atoms with Crippen molar-refractivity contribution in [3.05, 3.63) is 76.2 Å². The van der Waals surface area contributed by atoms with Crippen LogP contribution < -0.4 is 10.6 Å². The molecule has 0 aromatic heterocycles. The lowest BCUT2D eigenvalue weighted by Crippen LogP contribution is -2.52. The molecular formula is C28H27F4N5O3. The van der Waals surface area contributed by atoms with Crippen molar-refractivity contribution in [2.75, 3.05) is 13.6 Å². The Hall–Kier alpha value is -4.22. The third-order valence-electron chi connectivity index (χ3n) is 7.86. The van der Waals surface area contributed by atoms with E-state index in [9.17, 15) is 31.9 Å². The van der Waals surface area contributed by atoms with Gasteiger partial charge in [0.2, 0.25) is 5.91 Å². The molecule has 1 spiro atoms. The van der Waals surface area contributed by atoms with Crippen LogP contribution in [0, 0.1) is 11.2 Å². The standard InChI is InChI=1S/C28H27F4N5O3/c1-34-13-20(12-33)16-3-6-22-18(10-16)8-9-27(22)25(39)37(26(40)35-27)15-24(38)36-14-19-2-5-21(29)11-17(19)4-7-23(36)28(30,31)32/h2-3,5-6,10-13,23,33-34H,4,7-9,14-15H2,1H3,(H,35,40)/b20-13+,33-12?/t23-,27?/m0/s1. The molecule has 1 aliphatic carbocycles. The van der Waals surface area contributed by atoms with Gasteiger partial charge in [0.05, 0.1) is 0 Å². The zero-order valence-corrected chi connectivity index (χ0v) is 21.6. The first kappa shape index (κ1) is 27.4. The number of nitrogens with zero attached hydrogens (tertiary/aromatic N) is 2. The topological polar surface area (TPSA) is 106 Å². The van der Waals surface area contributed by atoms with Crippen molar-refractivity contribution in [3.63, 3.8) is 0 Å². The first-order valence-corrected chi connectivity index (χ1v) is 12.8. The van der Waals surface area contributed by atoms with Gasteiger partial charge in [0.15, 0.2) is 0 Å². The Balaban J connectivity index is 1.41. The molecule has 4 amide bonds. The highest BCUT2D eigenvalue weighted by Gasteiger charge is 2.56. The van der Waals surface area contributed by atoms with Gasteiger partial charge in [-0.1, -0.05) is 24.3 Å². The fourth-order valence-electron chi connectivity index (χ4n) is 5.89. The van der Waals surface area contributed by atoms with Crippen molar-refractivity contribution in [2.45, 2.75) is 50.0 Å². The first-order chi connectivity index (χ1) is 19.0. The summed E-state index contributed by atoms with van der Waals surface area (Å²) in [4.78, 5) is 41.3. The molecular weight excluding hydrogens is 530 g/mol. The van der Waals surface area contributed by atoms with Crippen molar-refractivity contribution >= 4 is 29.6 Å². The highest BCUT2D eigenvalue weighted by atomic mass is 19.4. The molecule has 0 bridgehead atoms. The highest BCUT2D eigenvalue weighted by Crippen LogP contribution is 2.42. The first-order valence-electron chi connectivity index (χ1n) is 12.8. The molecule has 40 heavy (non-hydrogen) atoms. The van der Waals surface area contributed by atoms with E-state index in [0.29, 0.717) is 38.5 Å². The van der Waals surface area contributed by atoms with Crippen molar-refractivity contribution in [2.24, 2.45) is 0 Å². The van der Waals surface area contributed by atoms with E-state index in [1.54, 1.807) is 25.4 Å². The number of carbonyl (C=O) groups excluding carboxylic acids is 3. The van der Waals surface area contributed by atoms with Gasteiger partial charge in [-0.2, -0.15) is 13.2 Å². The van der Waals surface area contributed by atoms with Crippen LogP contribution in [-0.2, 0) is 34.5 Å². The van der Waals surface area contributed by atoms with Gasteiger partial charge >= 0.3 is 12.2 Å². The second-order valence-corrected chi connectivity index (χ2v) is 10.2. The Morgan fingerprint density at radius 2 is 1.93 bits per heavy atom. The van der Waals surface area contributed by atoms with Crippen LogP contribution in [0.5, 0.6) is 0 Å². The van der Waals surface area contributed by atoms with Gasteiger partial charge in [0.1, 0.15) is 23.9 Å². The number of fused-ring (bicyclic) bond motifs is 3. The predicted octanol–water partition coefficient (Wildman–Crippen LogP) is 3.63. The number of nitrogens with one attached hydrogen (secondary N) is 3. The van der Waals surface area contributed by atoms with Crippen molar-refractivity contribution in [1.29, 1.82) is 5.41 Å². The number of halogens is 4. The summed E-state index contributed by atoms with van der Waals surface area (Å²) >= 11 is 0. The zero-order chi connectivity index (χ0) is 28.8. The smallest absolute Gasteiger partial charge is 0.393 e. The molecule has 2 aromatic carbocycles. The average Bonchev–Trinajstić information content (AvgIpc) is 3.29. The van der Waals surface area contributed by atoms with Crippen LogP contribution in [0.25, 0.3) is 5.57 Å². The molecule has 2 heterocycles. The fourth-order valence-corrected chi connectivity index (χ4v) is 5.89. The lowest BCUT2D eigenvalue weighted by molar-refractivity contribution is -0.192. The van der Waals surface area contributed by atoms with Gasteiger partial charge in [0, 0.05) is 31.6 Å². The molecule has 2 aliphatic heterocycles. The Morgan fingerprint density at radius 3 is 2.62 bits per heavy atom. The van der Waals surface area contributed by atoms with Crippen LogP contribution in [0.15, 0.2) is 42.6 Å². The number of imide groups is 1. The second kappa shape index (κ2) is 10.1. The lowest BCUT2D eigenvalue weighted by atomic mass is 9.90. The predicted molar refractivity (Wildman–Crippen MR) is 138 cm³/mol. The largest absolute Gasteiger partial charge is 0.408 e. The molecule has 12 heteroatoms. The maximum Gasteiger partial charge on any atom is 0.408 e. The molecule has 3 aliphatic rings. The molecule has 1 fully saturated rings. The number of carbonyl (C=O) groups is 3. The third kappa shape index (κ3) is 4.61. The third-order valence-corrected chi connectivity index (χ3v) is 7.86. The lowest BCUT2D eigenvalue weighted by Gasteiger charge is -2.32. The Bertz CT molecular complexity index is 1440. The number of urea groups is 1. The Kier molecular flexibility index (Phi) is 6.89. The molecule has 1 unspecified atom stereocenters. The molecule has 210 valence electrons. The van der Waals surface area contributed by atoms with E-state index in [-0.39, 0.29) is 12.8 Å². The second-order valence-electron chi connectivity index (χ2n) is 10.2. The maximum atomic E-state index is 14.0. The molecule has 8 nitrogen and oxygen atoms in total. The molecule has 3 N–H and O–H groups in total. The Labute approximate surface area is 227 Å². The molecule has 0 radical (unpaired) electrons. The van der Waals surface area contributed by atoms with E-state index in [1.165, 1.54) is 18.3 Å².